The second-order valence-electron chi connectivity index (χ2n) is 8.27. The van der Waals surface area contributed by atoms with E-state index in [0.29, 0.717) is 5.69 Å². The second kappa shape index (κ2) is 5.38. The summed E-state index contributed by atoms with van der Waals surface area (Å²) in [6, 6.07) is 19.3. The van der Waals surface area contributed by atoms with Crippen molar-refractivity contribution in [1.82, 2.24) is 13.9 Å². The SMILES string of the molecule is CC1=C(C)[C@@]2(c3ccccc3)[C@H]1[C@H]1C=C[C@H]2n2c(=O)n(-c3ccccc3)c(=O)n21. The maximum Gasteiger partial charge on any atom is 0.352 e. The highest BCUT2D eigenvalue weighted by Crippen LogP contribution is 2.66. The van der Waals surface area contributed by atoms with Crippen molar-refractivity contribution >= 4 is 0 Å². The first-order valence-corrected chi connectivity index (χ1v) is 10.0. The first-order valence-electron chi connectivity index (χ1n) is 10.0. The van der Waals surface area contributed by atoms with E-state index in [9.17, 15) is 9.59 Å². The summed E-state index contributed by atoms with van der Waals surface area (Å²) in [5, 5.41) is 0. The second-order valence-corrected chi connectivity index (χ2v) is 8.27. The van der Waals surface area contributed by atoms with Crippen molar-refractivity contribution in [3.8, 4) is 5.69 Å². The van der Waals surface area contributed by atoms with E-state index in [-0.39, 0.29) is 34.8 Å². The number of hydrogen-bond acceptors (Lipinski definition) is 2. The lowest BCUT2D eigenvalue weighted by Gasteiger charge is -2.62. The zero-order valence-electron chi connectivity index (χ0n) is 16.3. The first-order chi connectivity index (χ1) is 14.1. The zero-order chi connectivity index (χ0) is 19.9. The third kappa shape index (κ3) is 1.73. The molecule has 2 aliphatic carbocycles. The van der Waals surface area contributed by atoms with Crippen LogP contribution in [0.3, 0.4) is 0 Å². The van der Waals surface area contributed by atoms with Gasteiger partial charge in [-0.15, -0.1) is 0 Å². The van der Waals surface area contributed by atoms with Crippen LogP contribution < -0.4 is 11.4 Å². The van der Waals surface area contributed by atoms with Crippen molar-refractivity contribution in [2.24, 2.45) is 5.92 Å². The van der Waals surface area contributed by atoms with Crippen LogP contribution in [0.4, 0.5) is 0 Å². The molecule has 4 aliphatic rings. The molecule has 0 radical (unpaired) electrons. The minimum atomic E-state index is -0.274. The number of aromatic nitrogens is 3. The average Bonchev–Trinajstić information content (AvgIpc) is 3.05. The molecule has 144 valence electrons. The summed E-state index contributed by atoms with van der Waals surface area (Å²) < 4.78 is 4.68. The van der Waals surface area contributed by atoms with Crippen molar-refractivity contribution in [3.63, 3.8) is 0 Å². The van der Waals surface area contributed by atoms with Gasteiger partial charge in [0, 0.05) is 5.92 Å². The van der Waals surface area contributed by atoms with Crippen LogP contribution in [0, 0.1) is 5.92 Å². The Balaban J connectivity index is 1.67. The lowest BCUT2D eigenvalue weighted by Crippen LogP contribution is -2.63. The standard InChI is InChI=1S/C24H21N3O2/c1-15-16(2)24(17-9-5-3-6-10-17)20-14-13-19(21(15)24)26-22(28)25(23(29)27(20)26)18-11-7-4-8-12-18/h3-14,19-21H,1-2H3/t19-,20-,21-,24+/m1/s1. The fourth-order valence-electron chi connectivity index (χ4n) is 6.04. The molecule has 5 heteroatoms. The number of nitrogens with zero attached hydrogens (tertiary/aromatic N) is 3. The largest absolute Gasteiger partial charge is 0.352 e. The number of para-hydroxylation sites is 1. The number of hydrogen-bond donors (Lipinski definition) is 0. The van der Waals surface area contributed by atoms with Gasteiger partial charge in [-0.1, -0.05) is 71.8 Å². The lowest BCUT2D eigenvalue weighted by molar-refractivity contribution is 0.0784. The van der Waals surface area contributed by atoms with E-state index in [1.807, 2.05) is 24.3 Å². The molecular weight excluding hydrogens is 362 g/mol. The Kier molecular flexibility index (Phi) is 3.08. The summed E-state index contributed by atoms with van der Waals surface area (Å²) in [5.41, 5.74) is 3.65. The van der Waals surface area contributed by atoms with E-state index in [1.165, 1.54) is 21.3 Å². The van der Waals surface area contributed by atoms with Gasteiger partial charge < -0.3 is 0 Å². The maximum atomic E-state index is 13.5. The molecule has 2 bridgehead atoms. The minimum absolute atomic E-state index is 0.158. The molecule has 0 N–H and O–H groups in total. The van der Waals surface area contributed by atoms with Crippen molar-refractivity contribution in [2.45, 2.75) is 31.3 Å². The molecule has 2 aliphatic heterocycles. The molecule has 0 spiro atoms. The highest BCUT2D eigenvalue weighted by atomic mass is 16.2. The molecule has 4 atom stereocenters. The van der Waals surface area contributed by atoms with Gasteiger partial charge in [0.15, 0.2) is 0 Å². The van der Waals surface area contributed by atoms with E-state index in [2.05, 4.69) is 50.3 Å². The topological polar surface area (TPSA) is 48.9 Å². The van der Waals surface area contributed by atoms with Gasteiger partial charge in [-0.3, -0.25) is 0 Å². The molecule has 29 heavy (non-hydrogen) atoms. The predicted octanol–water partition coefficient (Wildman–Crippen LogP) is 3.37. The fraction of sp³-hybridized carbons (Fsp3) is 0.250. The summed E-state index contributed by atoms with van der Waals surface area (Å²) in [6.07, 6.45) is 4.24. The van der Waals surface area contributed by atoms with Crippen LogP contribution in [-0.4, -0.2) is 13.9 Å². The van der Waals surface area contributed by atoms with Crippen molar-refractivity contribution in [2.75, 3.05) is 0 Å². The van der Waals surface area contributed by atoms with Crippen molar-refractivity contribution < 1.29 is 0 Å². The number of rotatable bonds is 2. The molecule has 7 rings (SSSR count). The summed E-state index contributed by atoms with van der Waals surface area (Å²) in [5.74, 6) is 0.184. The Morgan fingerprint density at radius 2 is 1.41 bits per heavy atom. The number of benzene rings is 2. The van der Waals surface area contributed by atoms with Gasteiger partial charge in [0.1, 0.15) is 0 Å². The molecule has 2 aromatic carbocycles. The molecule has 5 nitrogen and oxygen atoms in total. The van der Waals surface area contributed by atoms with Crippen molar-refractivity contribution in [3.05, 3.63) is 110 Å². The van der Waals surface area contributed by atoms with Gasteiger partial charge >= 0.3 is 11.4 Å². The first kappa shape index (κ1) is 16.6. The van der Waals surface area contributed by atoms with Crippen LogP contribution in [0.5, 0.6) is 0 Å². The summed E-state index contributed by atoms with van der Waals surface area (Å²) in [4.78, 5) is 26.9. The van der Waals surface area contributed by atoms with E-state index in [0.717, 1.165) is 0 Å². The van der Waals surface area contributed by atoms with Crippen LogP contribution >= 0.6 is 0 Å². The summed E-state index contributed by atoms with van der Waals surface area (Å²) in [7, 11) is 0. The zero-order valence-corrected chi connectivity index (χ0v) is 16.3. The Morgan fingerprint density at radius 1 is 0.793 bits per heavy atom. The summed E-state index contributed by atoms with van der Waals surface area (Å²) in [6.45, 7) is 4.34. The molecule has 1 aromatic heterocycles. The van der Waals surface area contributed by atoms with Crippen LogP contribution in [0.2, 0.25) is 0 Å². The Labute approximate surface area is 167 Å². The molecule has 3 aromatic rings. The fourth-order valence-corrected chi connectivity index (χ4v) is 6.04. The quantitative estimate of drug-likeness (QED) is 0.637. The van der Waals surface area contributed by atoms with Gasteiger partial charge in [0.25, 0.3) is 0 Å². The van der Waals surface area contributed by atoms with Crippen LogP contribution in [-0.2, 0) is 5.41 Å². The monoisotopic (exact) mass is 383 g/mol. The molecule has 0 amide bonds. The van der Waals surface area contributed by atoms with Gasteiger partial charge in [-0.2, -0.15) is 0 Å². The van der Waals surface area contributed by atoms with E-state index < -0.39 is 0 Å². The van der Waals surface area contributed by atoms with Crippen LogP contribution in [0.15, 0.2) is 93.6 Å². The van der Waals surface area contributed by atoms with Gasteiger partial charge in [-0.25, -0.2) is 23.5 Å². The molecule has 0 saturated heterocycles. The third-order valence-corrected chi connectivity index (χ3v) is 7.29. The smallest absolute Gasteiger partial charge is 0.245 e. The Bertz CT molecular complexity index is 1320. The molecule has 0 unspecified atom stereocenters. The third-order valence-electron chi connectivity index (χ3n) is 7.29. The highest BCUT2D eigenvalue weighted by molar-refractivity contribution is 5.56. The Morgan fingerprint density at radius 3 is 2.10 bits per heavy atom. The van der Waals surface area contributed by atoms with E-state index in [4.69, 9.17) is 0 Å². The molecular formula is C24H21N3O2. The molecule has 0 saturated carbocycles. The Hall–Kier alpha value is -3.34. The average molecular weight is 383 g/mol. The van der Waals surface area contributed by atoms with Gasteiger partial charge in [0.05, 0.1) is 23.2 Å². The normalized spacial score (nSPS) is 28.8. The van der Waals surface area contributed by atoms with E-state index >= 15 is 0 Å². The van der Waals surface area contributed by atoms with Gasteiger partial charge in [0.2, 0.25) is 0 Å². The van der Waals surface area contributed by atoms with Crippen LogP contribution in [0.25, 0.3) is 5.69 Å². The maximum absolute atomic E-state index is 13.5. The predicted molar refractivity (Wildman–Crippen MR) is 111 cm³/mol. The molecule has 0 fully saturated rings. The minimum Gasteiger partial charge on any atom is -0.245 e. The van der Waals surface area contributed by atoms with Crippen LogP contribution in [0.1, 0.15) is 31.5 Å². The summed E-state index contributed by atoms with van der Waals surface area (Å²) >= 11 is 0. The molecule has 3 heterocycles. The van der Waals surface area contributed by atoms with E-state index in [1.54, 1.807) is 21.5 Å². The highest BCUT2D eigenvalue weighted by Gasteiger charge is 2.64. The van der Waals surface area contributed by atoms with Crippen molar-refractivity contribution in [1.29, 1.82) is 0 Å². The number of allylic oxidation sites excluding steroid dienone is 4. The lowest BCUT2D eigenvalue weighted by atomic mass is 9.46. The van der Waals surface area contributed by atoms with Gasteiger partial charge in [-0.05, 0) is 31.5 Å².